The van der Waals surface area contributed by atoms with Crippen molar-refractivity contribution in [1.82, 2.24) is 10.3 Å². The van der Waals surface area contributed by atoms with Crippen molar-refractivity contribution in [2.75, 3.05) is 13.2 Å². The van der Waals surface area contributed by atoms with Gasteiger partial charge in [0.15, 0.2) is 0 Å². The van der Waals surface area contributed by atoms with Crippen molar-refractivity contribution in [3.8, 4) is 5.75 Å². The highest BCUT2D eigenvalue weighted by Crippen LogP contribution is 2.30. The third-order valence-electron chi connectivity index (χ3n) is 4.33. The summed E-state index contributed by atoms with van der Waals surface area (Å²) >= 11 is 0. The standard InChI is InChI=1S/C21H24N2O3/c1-2-12-22-18(13-24)16-8-10-19(21-17(16)9-11-20(25)23-21)26-14-15-6-4-3-5-7-15/h3-11,18,22,24H,2,12-14H2,1H3,(H,23,25). The number of ether oxygens (including phenoxy) is 1. The number of aromatic nitrogens is 1. The molecule has 0 aliphatic rings. The molecule has 136 valence electrons. The van der Waals surface area contributed by atoms with Gasteiger partial charge in [-0.1, -0.05) is 43.3 Å². The quantitative estimate of drug-likeness (QED) is 0.582. The predicted molar refractivity (Wildman–Crippen MR) is 103 cm³/mol. The molecule has 0 aliphatic carbocycles. The molecule has 3 rings (SSSR count). The first-order valence-corrected chi connectivity index (χ1v) is 8.90. The summed E-state index contributed by atoms with van der Waals surface area (Å²) in [4.78, 5) is 14.7. The average molecular weight is 352 g/mol. The first-order valence-electron chi connectivity index (χ1n) is 8.90. The van der Waals surface area contributed by atoms with Gasteiger partial charge in [-0.3, -0.25) is 4.79 Å². The molecule has 3 aromatic rings. The Bertz CT molecular complexity index is 906. The molecule has 1 unspecified atom stereocenters. The molecule has 26 heavy (non-hydrogen) atoms. The van der Waals surface area contributed by atoms with Gasteiger partial charge >= 0.3 is 0 Å². The van der Waals surface area contributed by atoms with E-state index in [-0.39, 0.29) is 18.2 Å². The molecule has 0 aliphatic heterocycles. The summed E-state index contributed by atoms with van der Waals surface area (Å²) in [5, 5.41) is 14.0. The van der Waals surface area contributed by atoms with E-state index in [0.29, 0.717) is 17.9 Å². The van der Waals surface area contributed by atoms with E-state index in [2.05, 4.69) is 17.2 Å². The van der Waals surface area contributed by atoms with Crippen LogP contribution in [-0.2, 0) is 6.61 Å². The normalized spacial score (nSPS) is 12.2. The highest BCUT2D eigenvalue weighted by Gasteiger charge is 2.16. The van der Waals surface area contributed by atoms with E-state index in [1.165, 1.54) is 6.07 Å². The molecule has 1 heterocycles. The number of aliphatic hydroxyl groups excluding tert-OH is 1. The van der Waals surface area contributed by atoms with Crippen LogP contribution in [0.4, 0.5) is 0 Å². The van der Waals surface area contributed by atoms with E-state index < -0.39 is 0 Å². The molecule has 0 saturated heterocycles. The molecule has 0 fully saturated rings. The van der Waals surface area contributed by atoms with Gasteiger partial charge in [-0.15, -0.1) is 0 Å². The first kappa shape index (κ1) is 18.2. The van der Waals surface area contributed by atoms with Gasteiger partial charge in [0.25, 0.3) is 0 Å². The zero-order chi connectivity index (χ0) is 18.4. The van der Waals surface area contributed by atoms with Crippen molar-refractivity contribution in [2.24, 2.45) is 0 Å². The molecule has 2 aromatic carbocycles. The van der Waals surface area contributed by atoms with E-state index in [9.17, 15) is 9.90 Å². The zero-order valence-electron chi connectivity index (χ0n) is 14.9. The molecule has 5 nitrogen and oxygen atoms in total. The number of fused-ring (bicyclic) bond motifs is 1. The number of rotatable bonds is 8. The lowest BCUT2D eigenvalue weighted by atomic mass is 10.0. The first-order chi connectivity index (χ1) is 12.7. The fourth-order valence-electron chi connectivity index (χ4n) is 3.00. The Morgan fingerprint density at radius 1 is 1.12 bits per heavy atom. The van der Waals surface area contributed by atoms with Gasteiger partial charge in [0.2, 0.25) is 5.56 Å². The number of hydrogen-bond donors (Lipinski definition) is 3. The predicted octanol–water partition coefficient (Wildman–Crippen LogP) is 3.14. The second-order valence-corrected chi connectivity index (χ2v) is 6.23. The van der Waals surface area contributed by atoms with Crippen LogP contribution in [0.15, 0.2) is 59.4 Å². The summed E-state index contributed by atoms with van der Waals surface area (Å²) in [6, 6.07) is 16.8. The maximum atomic E-state index is 11.9. The van der Waals surface area contributed by atoms with Crippen LogP contribution in [0.1, 0.15) is 30.5 Å². The van der Waals surface area contributed by atoms with Crippen LogP contribution >= 0.6 is 0 Å². The minimum atomic E-state index is -0.188. The molecule has 0 amide bonds. The van der Waals surface area contributed by atoms with Crippen molar-refractivity contribution in [3.63, 3.8) is 0 Å². The van der Waals surface area contributed by atoms with Crippen LogP contribution in [0.3, 0.4) is 0 Å². The number of nitrogens with one attached hydrogen (secondary N) is 2. The molecule has 0 saturated carbocycles. The van der Waals surface area contributed by atoms with E-state index >= 15 is 0 Å². The van der Waals surface area contributed by atoms with E-state index in [0.717, 1.165) is 29.5 Å². The lowest BCUT2D eigenvalue weighted by Crippen LogP contribution is -2.25. The number of benzene rings is 2. The van der Waals surface area contributed by atoms with Crippen LogP contribution in [0.2, 0.25) is 0 Å². The largest absolute Gasteiger partial charge is 0.487 e. The van der Waals surface area contributed by atoms with E-state index in [1.54, 1.807) is 6.07 Å². The zero-order valence-corrected chi connectivity index (χ0v) is 14.9. The van der Waals surface area contributed by atoms with Gasteiger partial charge in [0.05, 0.1) is 18.2 Å². The fourth-order valence-corrected chi connectivity index (χ4v) is 3.00. The van der Waals surface area contributed by atoms with Gasteiger partial charge in [-0.2, -0.15) is 0 Å². The fraction of sp³-hybridized carbons (Fsp3) is 0.286. The van der Waals surface area contributed by atoms with Crippen molar-refractivity contribution < 1.29 is 9.84 Å². The minimum absolute atomic E-state index is 0.0154. The maximum Gasteiger partial charge on any atom is 0.248 e. The Kier molecular flexibility index (Phi) is 6.04. The summed E-state index contributed by atoms with van der Waals surface area (Å²) in [5.74, 6) is 0.623. The van der Waals surface area contributed by atoms with Crippen molar-refractivity contribution in [2.45, 2.75) is 26.0 Å². The lowest BCUT2D eigenvalue weighted by Gasteiger charge is -2.19. The van der Waals surface area contributed by atoms with Gasteiger partial charge in [-0.25, -0.2) is 0 Å². The molecule has 1 atom stereocenters. The monoisotopic (exact) mass is 352 g/mol. The molecule has 5 heteroatoms. The third-order valence-corrected chi connectivity index (χ3v) is 4.33. The third kappa shape index (κ3) is 4.12. The summed E-state index contributed by atoms with van der Waals surface area (Å²) < 4.78 is 5.96. The molecule has 3 N–H and O–H groups in total. The molecular weight excluding hydrogens is 328 g/mol. The highest BCUT2D eigenvalue weighted by atomic mass is 16.5. The SMILES string of the molecule is CCCNC(CO)c1ccc(OCc2ccccc2)c2[nH]c(=O)ccc12. The second kappa shape index (κ2) is 8.65. The number of aromatic amines is 1. The lowest BCUT2D eigenvalue weighted by molar-refractivity contribution is 0.245. The molecular formula is C21H24N2O3. The van der Waals surface area contributed by atoms with Gasteiger partial charge in [0.1, 0.15) is 12.4 Å². The van der Waals surface area contributed by atoms with Crippen molar-refractivity contribution in [1.29, 1.82) is 0 Å². The Balaban J connectivity index is 1.96. The van der Waals surface area contributed by atoms with Crippen LogP contribution in [0.25, 0.3) is 10.9 Å². The van der Waals surface area contributed by atoms with Gasteiger partial charge < -0.3 is 20.1 Å². The molecule has 0 bridgehead atoms. The summed E-state index contributed by atoms with van der Waals surface area (Å²) in [6.07, 6.45) is 0.976. The van der Waals surface area contributed by atoms with Crippen LogP contribution in [0, 0.1) is 0 Å². The van der Waals surface area contributed by atoms with Crippen molar-refractivity contribution in [3.05, 3.63) is 76.1 Å². The van der Waals surface area contributed by atoms with Crippen LogP contribution in [-0.4, -0.2) is 23.2 Å². The summed E-state index contributed by atoms with van der Waals surface area (Å²) in [6.45, 7) is 3.29. The Morgan fingerprint density at radius 3 is 2.65 bits per heavy atom. The van der Waals surface area contributed by atoms with Crippen molar-refractivity contribution >= 4 is 10.9 Å². The Hall–Kier alpha value is -2.63. The molecule has 0 radical (unpaired) electrons. The van der Waals surface area contributed by atoms with Gasteiger partial charge in [0, 0.05) is 11.5 Å². The Labute approximate surface area is 152 Å². The second-order valence-electron chi connectivity index (χ2n) is 6.23. The van der Waals surface area contributed by atoms with E-state index in [1.807, 2.05) is 42.5 Å². The minimum Gasteiger partial charge on any atom is -0.487 e. The Morgan fingerprint density at radius 2 is 1.92 bits per heavy atom. The summed E-state index contributed by atoms with van der Waals surface area (Å²) in [5.41, 5.74) is 2.48. The molecule has 1 aromatic heterocycles. The highest BCUT2D eigenvalue weighted by molar-refractivity contribution is 5.87. The van der Waals surface area contributed by atoms with E-state index in [4.69, 9.17) is 4.74 Å². The maximum absolute atomic E-state index is 11.9. The van der Waals surface area contributed by atoms with Crippen LogP contribution < -0.4 is 15.6 Å². The number of H-pyrrole nitrogens is 1. The average Bonchev–Trinajstić information content (AvgIpc) is 2.68. The van der Waals surface area contributed by atoms with Gasteiger partial charge in [-0.05, 0) is 36.2 Å². The van der Waals surface area contributed by atoms with Crippen LogP contribution in [0.5, 0.6) is 5.75 Å². The topological polar surface area (TPSA) is 74.3 Å². The summed E-state index contributed by atoms with van der Waals surface area (Å²) in [7, 11) is 0. The smallest absolute Gasteiger partial charge is 0.248 e. The molecule has 0 spiro atoms. The number of hydrogen-bond acceptors (Lipinski definition) is 4. The number of pyridine rings is 1. The number of aliphatic hydroxyl groups is 1.